The maximum absolute atomic E-state index is 12.1. The minimum absolute atomic E-state index is 0.0248. The second kappa shape index (κ2) is 9.40. The van der Waals surface area contributed by atoms with Gasteiger partial charge in [-0.25, -0.2) is 4.79 Å². The molecule has 0 aliphatic rings. The van der Waals surface area contributed by atoms with Crippen LogP contribution in [0, 0.1) is 6.92 Å². The zero-order chi connectivity index (χ0) is 14.8. The molecule has 20 heavy (non-hydrogen) atoms. The zero-order valence-corrected chi connectivity index (χ0v) is 12.8. The van der Waals surface area contributed by atoms with Gasteiger partial charge in [-0.05, 0) is 30.9 Å². The Bertz CT molecular complexity index is 404. The normalized spacial score (nSPS) is 10.3. The van der Waals surface area contributed by atoms with Crippen molar-refractivity contribution in [2.45, 2.75) is 45.4 Å². The lowest BCUT2D eigenvalue weighted by Gasteiger charge is -2.19. The van der Waals surface area contributed by atoms with Gasteiger partial charge in [0.15, 0.2) is 0 Å². The second-order valence-electron chi connectivity index (χ2n) is 5.17. The number of rotatable bonds is 8. The van der Waals surface area contributed by atoms with Crippen LogP contribution >= 0.6 is 0 Å². The Labute approximate surface area is 123 Å². The van der Waals surface area contributed by atoms with Crippen molar-refractivity contribution in [2.24, 2.45) is 0 Å². The lowest BCUT2D eigenvalue weighted by atomic mass is 10.1. The van der Waals surface area contributed by atoms with Gasteiger partial charge in [0.2, 0.25) is 0 Å². The van der Waals surface area contributed by atoms with E-state index in [1.54, 1.807) is 4.90 Å². The first-order valence-corrected chi connectivity index (χ1v) is 7.58. The number of nitrogens with zero attached hydrogens (tertiary/aromatic N) is 1. The first kappa shape index (κ1) is 16.5. The highest BCUT2D eigenvalue weighted by Gasteiger charge is 2.10. The van der Waals surface area contributed by atoms with Gasteiger partial charge >= 0.3 is 6.03 Å². The Balaban J connectivity index is 2.56. The van der Waals surface area contributed by atoms with E-state index in [1.807, 2.05) is 25.2 Å². The first-order chi connectivity index (χ1) is 9.69. The van der Waals surface area contributed by atoms with Crippen LogP contribution in [-0.4, -0.2) is 24.5 Å². The highest BCUT2D eigenvalue weighted by atomic mass is 16.2. The van der Waals surface area contributed by atoms with Crippen molar-refractivity contribution in [1.29, 1.82) is 0 Å². The number of amides is 2. The molecule has 0 aromatic heterocycles. The molecule has 0 spiro atoms. The second-order valence-corrected chi connectivity index (χ2v) is 5.17. The van der Waals surface area contributed by atoms with Crippen LogP contribution in [0.5, 0.6) is 0 Å². The molecule has 1 rings (SSSR count). The van der Waals surface area contributed by atoms with Crippen molar-refractivity contribution in [1.82, 2.24) is 4.90 Å². The third-order valence-corrected chi connectivity index (χ3v) is 3.40. The van der Waals surface area contributed by atoms with Crippen LogP contribution in [0.15, 0.2) is 24.3 Å². The van der Waals surface area contributed by atoms with Crippen molar-refractivity contribution >= 4 is 11.7 Å². The molecular formula is C17H27N2O. The molecule has 0 heterocycles. The van der Waals surface area contributed by atoms with Crippen LogP contribution in [0.3, 0.4) is 0 Å². The van der Waals surface area contributed by atoms with Crippen LogP contribution in [0.1, 0.15) is 44.6 Å². The molecule has 0 fully saturated rings. The van der Waals surface area contributed by atoms with E-state index in [2.05, 4.69) is 25.2 Å². The van der Waals surface area contributed by atoms with E-state index in [0.29, 0.717) is 0 Å². The Morgan fingerprint density at radius 1 is 1.25 bits per heavy atom. The monoisotopic (exact) mass is 275 g/mol. The fourth-order valence-electron chi connectivity index (χ4n) is 2.09. The van der Waals surface area contributed by atoms with Crippen molar-refractivity contribution < 1.29 is 4.79 Å². The maximum atomic E-state index is 12.1. The summed E-state index contributed by atoms with van der Waals surface area (Å²) in [7, 11) is 1.85. The Kier molecular flexibility index (Phi) is 7.78. The van der Waals surface area contributed by atoms with Gasteiger partial charge in [0.1, 0.15) is 0 Å². The summed E-state index contributed by atoms with van der Waals surface area (Å²) in [6.07, 6.45) is 6.31. The lowest BCUT2D eigenvalue weighted by molar-refractivity contribution is 0.221. The van der Waals surface area contributed by atoms with Gasteiger partial charge in [0, 0.05) is 19.3 Å². The maximum Gasteiger partial charge on any atom is 0.321 e. The minimum Gasteiger partial charge on any atom is -0.328 e. The molecule has 0 atom stereocenters. The van der Waals surface area contributed by atoms with E-state index in [9.17, 15) is 4.79 Å². The molecule has 0 unspecified atom stereocenters. The van der Waals surface area contributed by atoms with Crippen LogP contribution < -0.4 is 5.32 Å². The number of nitrogens with one attached hydrogen (secondary N) is 1. The van der Waals surface area contributed by atoms with Gasteiger partial charge in [-0.15, -0.1) is 0 Å². The number of unbranched alkanes of at least 4 members (excludes halogenated alkanes) is 3. The molecule has 3 heteroatoms. The highest BCUT2D eigenvalue weighted by Crippen LogP contribution is 2.18. The number of hydrogen-bond donors (Lipinski definition) is 1. The smallest absolute Gasteiger partial charge is 0.321 e. The molecule has 1 N–H and O–H groups in total. The third-order valence-electron chi connectivity index (χ3n) is 3.40. The van der Waals surface area contributed by atoms with E-state index in [0.717, 1.165) is 44.3 Å². The molecule has 3 nitrogen and oxygen atoms in total. The van der Waals surface area contributed by atoms with E-state index in [1.165, 1.54) is 12.0 Å². The van der Waals surface area contributed by atoms with Crippen LogP contribution in [0.2, 0.25) is 0 Å². The molecule has 2 amide bonds. The predicted octanol–water partition coefficient (Wildman–Crippen LogP) is 4.50. The molecule has 111 valence electrons. The molecule has 1 aromatic rings. The van der Waals surface area contributed by atoms with Crippen LogP contribution in [0.4, 0.5) is 10.5 Å². The van der Waals surface area contributed by atoms with Crippen molar-refractivity contribution in [3.05, 3.63) is 36.8 Å². The van der Waals surface area contributed by atoms with Crippen LogP contribution in [0.25, 0.3) is 0 Å². The number of carbonyl (C=O) groups is 1. The van der Waals surface area contributed by atoms with Gasteiger partial charge in [0.25, 0.3) is 0 Å². The van der Waals surface area contributed by atoms with Crippen molar-refractivity contribution in [3.63, 3.8) is 0 Å². The van der Waals surface area contributed by atoms with E-state index in [-0.39, 0.29) is 6.03 Å². The summed E-state index contributed by atoms with van der Waals surface area (Å²) < 4.78 is 0. The minimum atomic E-state index is -0.0248. The average molecular weight is 275 g/mol. The topological polar surface area (TPSA) is 32.3 Å². The summed E-state index contributed by atoms with van der Waals surface area (Å²) >= 11 is 0. The quantitative estimate of drug-likeness (QED) is 0.696. The van der Waals surface area contributed by atoms with Crippen LogP contribution in [-0.2, 0) is 6.42 Å². The number of benzene rings is 1. The number of hydrogen-bond acceptors (Lipinski definition) is 1. The summed E-state index contributed by atoms with van der Waals surface area (Å²) in [5.41, 5.74) is 2.11. The van der Waals surface area contributed by atoms with Crippen molar-refractivity contribution in [3.8, 4) is 0 Å². The number of urea groups is 1. The SMILES string of the molecule is [CH2]CCCc1ccccc1NC(=O)N(C)CCCCC. The molecule has 1 aromatic carbocycles. The largest absolute Gasteiger partial charge is 0.328 e. The van der Waals surface area contributed by atoms with Gasteiger partial charge < -0.3 is 10.2 Å². The number of carbonyl (C=O) groups excluding carboxylic acids is 1. The summed E-state index contributed by atoms with van der Waals surface area (Å²) in [6.45, 7) is 6.84. The van der Waals surface area contributed by atoms with E-state index in [4.69, 9.17) is 0 Å². The van der Waals surface area contributed by atoms with Gasteiger partial charge in [-0.1, -0.05) is 51.3 Å². The third kappa shape index (κ3) is 5.64. The molecule has 0 saturated heterocycles. The highest BCUT2D eigenvalue weighted by molar-refractivity contribution is 5.89. The molecule has 0 bridgehead atoms. The molecule has 0 saturated carbocycles. The molecular weight excluding hydrogens is 248 g/mol. The average Bonchev–Trinajstić information content (AvgIpc) is 2.46. The summed E-state index contributed by atoms with van der Waals surface area (Å²) in [4.78, 5) is 13.9. The molecule has 0 aliphatic heterocycles. The number of anilines is 1. The standard InChI is InChI=1S/C17H27N2O/c1-4-6-10-14-19(3)17(20)18-16-13-9-8-12-15(16)11-7-5-2/h8-9,12-13H,2,4-7,10-11,14H2,1,3H3,(H,18,20). The van der Waals surface area contributed by atoms with E-state index < -0.39 is 0 Å². The summed E-state index contributed by atoms with van der Waals surface area (Å²) in [6, 6.07) is 7.99. The molecule has 1 radical (unpaired) electrons. The number of aryl methyl sites for hydroxylation is 1. The van der Waals surface area contributed by atoms with Crippen molar-refractivity contribution in [2.75, 3.05) is 18.9 Å². The Morgan fingerprint density at radius 2 is 2.00 bits per heavy atom. The fourth-order valence-corrected chi connectivity index (χ4v) is 2.09. The molecule has 0 aliphatic carbocycles. The zero-order valence-electron chi connectivity index (χ0n) is 12.8. The first-order valence-electron chi connectivity index (χ1n) is 7.58. The summed E-state index contributed by atoms with van der Waals surface area (Å²) in [5.74, 6) is 0. The van der Waals surface area contributed by atoms with E-state index >= 15 is 0 Å². The van der Waals surface area contributed by atoms with Gasteiger partial charge in [-0.3, -0.25) is 0 Å². The Hall–Kier alpha value is -1.51. The van der Waals surface area contributed by atoms with Gasteiger partial charge in [-0.2, -0.15) is 0 Å². The predicted molar refractivity (Wildman–Crippen MR) is 85.9 cm³/mol. The Morgan fingerprint density at radius 3 is 2.70 bits per heavy atom. The van der Waals surface area contributed by atoms with Gasteiger partial charge in [0.05, 0.1) is 0 Å². The number of para-hydroxylation sites is 1. The summed E-state index contributed by atoms with van der Waals surface area (Å²) in [5, 5.41) is 3.01. The lowest BCUT2D eigenvalue weighted by Crippen LogP contribution is -2.32. The fraction of sp³-hybridized carbons (Fsp3) is 0.529.